The second-order valence-corrected chi connectivity index (χ2v) is 4.47. The van der Waals surface area contributed by atoms with Crippen LogP contribution in [0, 0.1) is 0 Å². The van der Waals surface area contributed by atoms with Crippen molar-refractivity contribution in [2.75, 3.05) is 0 Å². The van der Waals surface area contributed by atoms with Crippen molar-refractivity contribution in [1.82, 2.24) is 0 Å². The smallest absolute Gasteiger partial charge is 0.416 e. The highest BCUT2D eigenvalue weighted by atomic mass is 19.4. The van der Waals surface area contributed by atoms with E-state index in [1.807, 2.05) is 0 Å². The predicted molar refractivity (Wildman–Crippen MR) is 72.4 cm³/mol. The Morgan fingerprint density at radius 1 is 1.12 bits per heavy atom. The van der Waals surface area contributed by atoms with E-state index in [4.69, 9.17) is 26.3 Å². The number of alkyl halides is 3. The number of halogens is 3. The molecular formula is C13H16F3NO7. The summed E-state index contributed by atoms with van der Waals surface area (Å²) < 4.78 is 36.8. The van der Waals surface area contributed by atoms with E-state index in [1.165, 1.54) is 12.1 Å². The van der Waals surface area contributed by atoms with Crippen LogP contribution in [0.4, 0.5) is 13.2 Å². The monoisotopic (exact) mass is 355 g/mol. The second kappa shape index (κ2) is 9.17. The van der Waals surface area contributed by atoms with Gasteiger partial charge in [-0.3, -0.25) is 4.84 Å². The first kappa shape index (κ1) is 21.8. The van der Waals surface area contributed by atoms with Gasteiger partial charge in [-0.05, 0) is 24.6 Å². The zero-order valence-corrected chi connectivity index (χ0v) is 12.3. The summed E-state index contributed by atoms with van der Waals surface area (Å²) in [6.45, 7) is 1.58. The number of carbonyl (C=O) groups is 2. The van der Waals surface area contributed by atoms with Crippen LogP contribution in [0.3, 0.4) is 0 Å². The Labute approximate surface area is 133 Å². The molecule has 0 fully saturated rings. The standard InChI is InChI=1S/C9H10F3NO.C4H6O6/c1-6(14-13)7-3-2-4-8(5-7)9(10,11)12;5-1(3(7)8)2(6)4(9)10/h2-6H,13H2,1H3;1-2,5-6H,(H,7,8)(H,9,10)/t6-;/m0./s1. The van der Waals surface area contributed by atoms with Gasteiger partial charge in [0, 0.05) is 0 Å². The lowest BCUT2D eigenvalue weighted by Crippen LogP contribution is -2.39. The Bertz CT molecular complexity index is 547. The quantitative estimate of drug-likeness (QED) is 0.480. The van der Waals surface area contributed by atoms with Crippen LogP contribution < -0.4 is 5.90 Å². The third-order valence-electron chi connectivity index (χ3n) is 2.69. The van der Waals surface area contributed by atoms with Crippen molar-refractivity contribution in [3.05, 3.63) is 35.4 Å². The maximum Gasteiger partial charge on any atom is 0.416 e. The number of benzene rings is 1. The molecule has 0 aliphatic carbocycles. The van der Waals surface area contributed by atoms with Crippen molar-refractivity contribution in [3.8, 4) is 0 Å². The molecule has 11 heteroatoms. The van der Waals surface area contributed by atoms with Crippen LogP contribution in [0.1, 0.15) is 24.2 Å². The Morgan fingerprint density at radius 2 is 1.58 bits per heavy atom. The molecule has 0 radical (unpaired) electrons. The van der Waals surface area contributed by atoms with Crippen molar-refractivity contribution in [2.24, 2.45) is 5.90 Å². The summed E-state index contributed by atoms with van der Waals surface area (Å²) in [6.07, 6.45) is -9.41. The summed E-state index contributed by atoms with van der Waals surface area (Å²) in [5.41, 5.74) is -0.291. The van der Waals surface area contributed by atoms with Crippen LogP contribution >= 0.6 is 0 Å². The summed E-state index contributed by atoms with van der Waals surface area (Å²) in [5.74, 6) is 1.34. The van der Waals surface area contributed by atoms with Crippen LogP contribution in [0.2, 0.25) is 0 Å². The topological polar surface area (TPSA) is 150 Å². The molecule has 136 valence electrons. The Hall–Kier alpha value is -2.21. The van der Waals surface area contributed by atoms with E-state index in [0.29, 0.717) is 5.56 Å². The second-order valence-electron chi connectivity index (χ2n) is 4.47. The number of hydrogen-bond donors (Lipinski definition) is 5. The number of rotatable bonds is 5. The van der Waals surface area contributed by atoms with Gasteiger partial charge in [-0.2, -0.15) is 13.2 Å². The normalized spacial score (nSPS) is 14.8. The molecule has 1 aromatic rings. The van der Waals surface area contributed by atoms with E-state index >= 15 is 0 Å². The van der Waals surface area contributed by atoms with E-state index in [2.05, 4.69) is 4.84 Å². The van der Waals surface area contributed by atoms with Gasteiger partial charge < -0.3 is 20.4 Å². The van der Waals surface area contributed by atoms with Crippen LogP contribution in [0.5, 0.6) is 0 Å². The van der Waals surface area contributed by atoms with Gasteiger partial charge in [0.25, 0.3) is 0 Å². The lowest BCUT2D eigenvalue weighted by molar-refractivity contribution is -0.165. The van der Waals surface area contributed by atoms with Crippen molar-refractivity contribution >= 4 is 11.9 Å². The van der Waals surface area contributed by atoms with Crippen LogP contribution in [-0.4, -0.2) is 44.6 Å². The SMILES string of the molecule is C[C@H](ON)c1cccc(C(F)(F)F)c1.O=C(O)C(O)C(O)C(=O)O. The summed E-state index contributed by atoms with van der Waals surface area (Å²) in [4.78, 5) is 24.0. The average Bonchev–Trinajstić information content (AvgIpc) is 2.52. The van der Waals surface area contributed by atoms with Gasteiger partial charge in [-0.15, -0.1) is 0 Å². The highest BCUT2D eigenvalue weighted by Crippen LogP contribution is 2.30. The summed E-state index contributed by atoms with van der Waals surface area (Å²) in [7, 11) is 0. The van der Waals surface area contributed by atoms with Crippen LogP contribution in [-0.2, 0) is 20.6 Å². The van der Waals surface area contributed by atoms with Gasteiger partial charge in [0.05, 0.1) is 5.56 Å². The zero-order chi connectivity index (χ0) is 19.1. The highest BCUT2D eigenvalue weighted by Gasteiger charge is 2.31. The van der Waals surface area contributed by atoms with E-state index in [-0.39, 0.29) is 0 Å². The third kappa shape index (κ3) is 6.91. The molecule has 0 aromatic heterocycles. The first-order chi connectivity index (χ1) is 10.9. The summed E-state index contributed by atoms with van der Waals surface area (Å²) in [5, 5.41) is 32.5. The zero-order valence-electron chi connectivity index (χ0n) is 12.3. The fourth-order valence-electron chi connectivity index (χ4n) is 1.32. The maximum atomic E-state index is 12.3. The molecule has 24 heavy (non-hydrogen) atoms. The Morgan fingerprint density at radius 3 is 1.92 bits per heavy atom. The molecular weight excluding hydrogens is 339 g/mol. The largest absolute Gasteiger partial charge is 0.479 e. The van der Waals surface area contributed by atoms with Crippen molar-refractivity contribution < 1.29 is 48.0 Å². The Balaban J connectivity index is 0.000000470. The molecule has 0 amide bonds. The molecule has 0 aliphatic heterocycles. The first-order valence-electron chi connectivity index (χ1n) is 6.26. The minimum absolute atomic E-state index is 0.405. The maximum absolute atomic E-state index is 12.3. The van der Waals surface area contributed by atoms with Crippen molar-refractivity contribution in [1.29, 1.82) is 0 Å². The van der Waals surface area contributed by atoms with Crippen LogP contribution in [0.15, 0.2) is 24.3 Å². The molecule has 3 atom stereocenters. The lowest BCUT2D eigenvalue weighted by Gasteiger charge is -2.12. The molecule has 2 unspecified atom stereocenters. The fourth-order valence-corrected chi connectivity index (χ4v) is 1.32. The van der Waals surface area contributed by atoms with Gasteiger partial charge in [0.15, 0.2) is 12.2 Å². The van der Waals surface area contributed by atoms with Gasteiger partial charge >= 0.3 is 18.1 Å². The van der Waals surface area contributed by atoms with Gasteiger partial charge in [-0.1, -0.05) is 12.1 Å². The molecule has 0 spiro atoms. The van der Waals surface area contributed by atoms with Crippen LogP contribution in [0.25, 0.3) is 0 Å². The number of hydrogen-bond acceptors (Lipinski definition) is 6. The molecule has 8 nitrogen and oxygen atoms in total. The molecule has 0 saturated carbocycles. The van der Waals surface area contributed by atoms with Gasteiger partial charge in [0.1, 0.15) is 6.10 Å². The molecule has 6 N–H and O–H groups in total. The van der Waals surface area contributed by atoms with E-state index in [1.54, 1.807) is 6.92 Å². The molecule has 0 bridgehead atoms. The minimum atomic E-state index is -4.33. The Kier molecular flexibility index (Phi) is 8.33. The third-order valence-corrected chi connectivity index (χ3v) is 2.69. The number of carboxylic acids is 2. The number of aliphatic carboxylic acids is 2. The predicted octanol–water partition coefficient (Wildman–Crippen LogP) is 0.534. The molecule has 0 heterocycles. The molecule has 1 aromatic carbocycles. The average molecular weight is 355 g/mol. The number of nitrogens with two attached hydrogens (primary N) is 1. The van der Waals surface area contributed by atoms with E-state index in [9.17, 15) is 22.8 Å². The number of carboxylic acid groups (broad SMARTS) is 2. The minimum Gasteiger partial charge on any atom is -0.479 e. The number of aliphatic hydroxyl groups excluding tert-OH is 2. The van der Waals surface area contributed by atoms with Crippen molar-refractivity contribution in [2.45, 2.75) is 31.4 Å². The molecule has 0 saturated heterocycles. The first-order valence-corrected chi connectivity index (χ1v) is 6.26. The summed E-state index contributed by atoms with van der Waals surface area (Å²) in [6, 6.07) is 4.89. The molecule has 1 rings (SSSR count). The van der Waals surface area contributed by atoms with Gasteiger partial charge in [0.2, 0.25) is 0 Å². The fraction of sp³-hybridized carbons (Fsp3) is 0.385. The van der Waals surface area contributed by atoms with E-state index in [0.717, 1.165) is 12.1 Å². The number of aliphatic hydroxyl groups is 2. The van der Waals surface area contributed by atoms with Crippen molar-refractivity contribution in [3.63, 3.8) is 0 Å². The van der Waals surface area contributed by atoms with E-state index < -0.39 is 42.0 Å². The lowest BCUT2D eigenvalue weighted by atomic mass is 10.1. The van der Waals surface area contributed by atoms with Gasteiger partial charge in [-0.25, -0.2) is 15.5 Å². The highest BCUT2D eigenvalue weighted by molar-refractivity contribution is 5.83. The summed E-state index contributed by atoms with van der Waals surface area (Å²) >= 11 is 0. The molecule has 0 aliphatic rings.